The van der Waals surface area contributed by atoms with E-state index in [0.29, 0.717) is 0 Å². The first-order valence-electron chi connectivity index (χ1n) is 8.15. The van der Waals surface area contributed by atoms with Gasteiger partial charge in [0.15, 0.2) is 5.13 Å². The van der Waals surface area contributed by atoms with E-state index in [2.05, 4.69) is 46.8 Å². The van der Waals surface area contributed by atoms with Gasteiger partial charge in [-0.25, -0.2) is 4.98 Å². The van der Waals surface area contributed by atoms with Crippen LogP contribution in [0.3, 0.4) is 0 Å². The van der Waals surface area contributed by atoms with Crippen molar-refractivity contribution in [2.24, 2.45) is 5.92 Å². The number of rotatable bonds is 4. The average Bonchev–Trinajstić information content (AvgIpc) is 2.90. The minimum atomic E-state index is 0. The number of carbonyl (C=O) groups excluding carboxylic acids is 1. The van der Waals surface area contributed by atoms with Gasteiger partial charge in [0, 0.05) is 17.8 Å². The third-order valence-electron chi connectivity index (χ3n) is 4.28. The molecule has 1 saturated heterocycles. The average molecular weight is 366 g/mol. The van der Waals surface area contributed by atoms with Crippen molar-refractivity contribution in [1.29, 1.82) is 0 Å². The quantitative estimate of drug-likeness (QED) is 0.868. The zero-order valence-corrected chi connectivity index (χ0v) is 15.7. The lowest BCUT2D eigenvalue weighted by Crippen LogP contribution is -2.37. The molecule has 1 aromatic heterocycles. The van der Waals surface area contributed by atoms with Crippen molar-refractivity contribution in [1.82, 2.24) is 10.3 Å². The summed E-state index contributed by atoms with van der Waals surface area (Å²) in [6.07, 6.45) is 2.89. The van der Waals surface area contributed by atoms with Gasteiger partial charge in [-0.05, 0) is 38.8 Å². The van der Waals surface area contributed by atoms with Crippen LogP contribution in [0.2, 0.25) is 0 Å². The van der Waals surface area contributed by atoms with Crippen molar-refractivity contribution in [3.8, 4) is 0 Å². The number of thiazole rings is 1. The number of aryl methyl sites for hydroxylation is 2. The van der Waals surface area contributed by atoms with E-state index in [0.717, 1.165) is 43.2 Å². The molecule has 2 aromatic rings. The molecule has 1 aliphatic rings. The SMILES string of the molecule is Cc1ccc(Cc2sc(NC(=O)C3CCCNC3)nc2C)cc1.Cl. The molecule has 0 spiro atoms. The number of halogens is 1. The molecule has 1 aliphatic heterocycles. The fourth-order valence-electron chi connectivity index (χ4n) is 2.82. The van der Waals surface area contributed by atoms with Gasteiger partial charge in [0.2, 0.25) is 5.91 Å². The van der Waals surface area contributed by atoms with Crippen LogP contribution in [0.5, 0.6) is 0 Å². The minimum absolute atomic E-state index is 0. The van der Waals surface area contributed by atoms with E-state index in [1.807, 2.05) is 6.92 Å². The lowest BCUT2D eigenvalue weighted by atomic mass is 9.99. The normalized spacial score (nSPS) is 17.2. The maximum atomic E-state index is 12.3. The second kappa shape index (κ2) is 8.60. The first-order valence-corrected chi connectivity index (χ1v) is 8.97. The molecule has 1 unspecified atom stereocenters. The Morgan fingerprint density at radius 2 is 2.08 bits per heavy atom. The number of piperidine rings is 1. The molecule has 0 radical (unpaired) electrons. The predicted molar refractivity (Wildman–Crippen MR) is 102 cm³/mol. The van der Waals surface area contributed by atoms with Gasteiger partial charge in [0.05, 0.1) is 11.6 Å². The Morgan fingerprint density at radius 1 is 1.33 bits per heavy atom. The van der Waals surface area contributed by atoms with Crippen LogP contribution in [0, 0.1) is 19.8 Å². The Bertz CT molecular complexity index is 678. The standard InChI is InChI=1S/C18H23N3OS.ClH/c1-12-5-7-14(8-6-12)10-16-13(2)20-18(23-16)21-17(22)15-4-3-9-19-11-15;/h5-8,15,19H,3-4,9-11H2,1-2H3,(H,20,21,22);1H. The van der Waals surface area contributed by atoms with Crippen molar-refractivity contribution >= 4 is 34.8 Å². The van der Waals surface area contributed by atoms with Gasteiger partial charge >= 0.3 is 0 Å². The Hall–Kier alpha value is -1.43. The van der Waals surface area contributed by atoms with E-state index in [-0.39, 0.29) is 24.2 Å². The first-order chi connectivity index (χ1) is 11.1. The summed E-state index contributed by atoms with van der Waals surface area (Å²) in [6.45, 7) is 5.89. The van der Waals surface area contributed by atoms with Crippen LogP contribution in [-0.2, 0) is 11.2 Å². The van der Waals surface area contributed by atoms with E-state index < -0.39 is 0 Å². The Balaban J connectivity index is 0.00000208. The summed E-state index contributed by atoms with van der Waals surface area (Å²) in [5, 5.41) is 7.00. The molecular formula is C18H24ClN3OS. The first kappa shape index (κ1) is 18.9. The molecule has 0 aliphatic carbocycles. The van der Waals surface area contributed by atoms with Crippen LogP contribution in [0.15, 0.2) is 24.3 Å². The van der Waals surface area contributed by atoms with Crippen LogP contribution < -0.4 is 10.6 Å². The highest BCUT2D eigenvalue weighted by molar-refractivity contribution is 7.15. The van der Waals surface area contributed by atoms with E-state index >= 15 is 0 Å². The molecule has 1 amide bonds. The van der Waals surface area contributed by atoms with E-state index in [1.54, 1.807) is 11.3 Å². The van der Waals surface area contributed by atoms with Crippen molar-refractivity contribution in [2.45, 2.75) is 33.1 Å². The summed E-state index contributed by atoms with van der Waals surface area (Å²) in [5.41, 5.74) is 3.55. The molecule has 4 nitrogen and oxygen atoms in total. The molecule has 2 heterocycles. The van der Waals surface area contributed by atoms with Gasteiger partial charge in [-0.1, -0.05) is 29.8 Å². The van der Waals surface area contributed by atoms with Gasteiger partial charge in [-0.2, -0.15) is 0 Å². The highest BCUT2D eigenvalue weighted by Gasteiger charge is 2.22. The Labute approximate surface area is 153 Å². The summed E-state index contributed by atoms with van der Waals surface area (Å²) in [6, 6.07) is 8.57. The Morgan fingerprint density at radius 3 is 2.75 bits per heavy atom. The fraction of sp³-hybridized carbons (Fsp3) is 0.444. The number of carbonyl (C=O) groups is 1. The van der Waals surface area contributed by atoms with Gasteiger partial charge in [-0.3, -0.25) is 4.79 Å². The van der Waals surface area contributed by atoms with Gasteiger partial charge < -0.3 is 10.6 Å². The third kappa shape index (κ3) is 4.79. The van der Waals surface area contributed by atoms with Crippen molar-refractivity contribution in [3.05, 3.63) is 46.0 Å². The number of hydrogen-bond donors (Lipinski definition) is 2. The third-order valence-corrected chi connectivity index (χ3v) is 5.35. The van der Waals surface area contributed by atoms with Crippen LogP contribution in [-0.4, -0.2) is 24.0 Å². The monoisotopic (exact) mass is 365 g/mol. The van der Waals surface area contributed by atoms with Crippen molar-refractivity contribution in [2.75, 3.05) is 18.4 Å². The van der Waals surface area contributed by atoms with Crippen molar-refractivity contribution < 1.29 is 4.79 Å². The van der Waals surface area contributed by atoms with E-state index in [1.165, 1.54) is 16.0 Å². The maximum absolute atomic E-state index is 12.3. The Kier molecular flexibility index (Phi) is 6.78. The van der Waals surface area contributed by atoms with Crippen LogP contribution >= 0.6 is 23.7 Å². The zero-order chi connectivity index (χ0) is 16.2. The van der Waals surface area contributed by atoms with Crippen LogP contribution in [0.25, 0.3) is 0 Å². The molecule has 6 heteroatoms. The van der Waals surface area contributed by atoms with Gasteiger partial charge in [0.1, 0.15) is 0 Å². The predicted octanol–water partition coefficient (Wildman–Crippen LogP) is 3.71. The topological polar surface area (TPSA) is 54.0 Å². The summed E-state index contributed by atoms with van der Waals surface area (Å²) in [5.74, 6) is 0.154. The molecule has 3 rings (SSSR count). The summed E-state index contributed by atoms with van der Waals surface area (Å²) < 4.78 is 0. The summed E-state index contributed by atoms with van der Waals surface area (Å²) >= 11 is 1.59. The smallest absolute Gasteiger partial charge is 0.230 e. The second-order valence-electron chi connectivity index (χ2n) is 6.22. The van der Waals surface area contributed by atoms with Gasteiger partial charge in [-0.15, -0.1) is 23.7 Å². The minimum Gasteiger partial charge on any atom is -0.316 e. The molecule has 2 N–H and O–H groups in total. The van der Waals surface area contributed by atoms with E-state index in [9.17, 15) is 4.79 Å². The van der Waals surface area contributed by atoms with Crippen LogP contribution in [0.4, 0.5) is 5.13 Å². The molecule has 1 atom stereocenters. The number of nitrogens with zero attached hydrogens (tertiary/aromatic N) is 1. The highest BCUT2D eigenvalue weighted by Crippen LogP contribution is 2.26. The number of benzene rings is 1. The lowest BCUT2D eigenvalue weighted by molar-refractivity contribution is -0.120. The van der Waals surface area contributed by atoms with Gasteiger partial charge in [0.25, 0.3) is 0 Å². The molecule has 130 valence electrons. The fourth-order valence-corrected chi connectivity index (χ4v) is 3.82. The molecule has 1 fully saturated rings. The number of anilines is 1. The molecule has 1 aromatic carbocycles. The lowest BCUT2D eigenvalue weighted by Gasteiger charge is -2.21. The molecule has 24 heavy (non-hydrogen) atoms. The van der Waals surface area contributed by atoms with E-state index in [4.69, 9.17) is 0 Å². The molecule has 0 saturated carbocycles. The largest absolute Gasteiger partial charge is 0.316 e. The molecule has 0 bridgehead atoms. The summed E-state index contributed by atoms with van der Waals surface area (Å²) in [7, 11) is 0. The zero-order valence-electron chi connectivity index (χ0n) is 14.1. The number of hydrogen-bond acceptors (Lipinski definition) is 4. The maximum Gasteiger partial charge on any atom is 0.230 e. The number of aromatic nitrogens is 1. The highest BCUT2D eigenvalue weighted by atomic mass is 35.5. The second-order valence-corrected chi connectivity index (χ2v) is 7.31. The van der Waals surface area contributed by atoms with Crippen LogP contribution in [0.1, 0.15) is 34.5 Å². The summed E-state index contributed by atoms with van der Waals surface area (Å²) in [4.78, 5) is 18.0. The number of amides is 1. The number of nitrogens with one attached hydrogen (secondary N) is 2. The van der Waals surface area contributed by atoms with Crippen molar-refractivity contribution in [3.63, 3.8) is 0 Å². The molecular weight excluding hydrogens is 342 g/mol.